The zero-order valence-corrected chi connectivity index (χ0v) is 11.4. The van der Waals surface area contributed by atoms with Gasteiger partial charge in [0.2, 0.25) is 0 Å². The van der Waals surface area contributed by atoms with E-state index in [1.807, 2.05) is 19.3 Å². The molecule has 4 nitrogen and oxygen atoms in total. The third kappa shape index (κ3) is 3.09. The van der Waals surface area contributed by atoms with E-state index in [1.165, 1.54) is 11.1 Å². The monoisotopic (exact) mass is 264 g/mol. The van der Waals surface area contributed by atoms with Crippen LogP contribution in [0.5, 0.6) is 0 Å². The molecule has 0 amide bonds. The largest absolute Gasteiger partial charge is 0.312 e. The summed E-state index contributed by atoms with van der Waals surface area (Å²) in [5.74, 6) is 0. The third-order valence-corrected chi connectivity index (χ3v) is 3.35. The predicted molar refractivity (Wildman–Crippen MR) is 72.7 cm³/mol. The lowest BCUT2D eigenvalue weighted by Crippen LogP contribution is -2.17. The van der Waals surface area contributed by atoms with Crippen LogP contribution in [0.25, 0.3) is 0 Å². The van der Waals surface area contributed by atoms with Crippen LogP contribution in [0, 0.1) is 13.8 Å². The summed E-state index contributed by atoms with van der Waals surface area (Å²) < 4.78 is 0. The molecule has 5 heteroatoms. The van der Waals surface area contributed by atoms with Gasteiger partial charge in [-0.15, -0.1) is 0 Å². The van der Waals surface area contributed by atoms with Crippen LogP contribution in [0.2, 0.25) is 5.15 Å². The van der Waals surface area contributed by atoms with Crippen molar-refractivity contribution in [3.05, 3.63) is 46.0 Å². The number of hydrogen-bond donors (Lipinski definition) is 2. The van der Waals surface area contributed by atoms with Gasteiger partial charge in [-0.05, 0) is 44.0 Å². The molecule has 0 radical (unpaired) electrons. The van der Waals surface area contributed by atoms with E-state index in [0.29, 0.717) is 5.15 Å². The molecule has 2 N–H and O–H groups in total. The van der Waals surface area contributed by atoms with Crippen molar-refractivity contribution in [3.63, 3.8) is 0 Å². The Kier molecular flexibility index (Phi) is 4.33. The van der Waals surface area contributed by atoms with Crippen molar-refractivity contribution in [1.29, 1.82) is 0 Å². The highest BCUT2D eigenvalue weighted by Crippen LogP contribution is 2.15. The van der Waals surface area contributed by atoms with Gasteiger partial charge in [0.25, 0.3) is 0 Å². The summed E-state index contributed by atoms with van der Waals surface area (Å²) in [5.41, 5.74) is 4.63. The van der Waals surface area contributed by atoms with Crippen LogP contribution < -0.4 is 5.32 Å². The van der Waals surface area contributed by atoms with Gasteiger partial charge in [0.05, 0.1) is 0 Å². The fraction of sp³-hybridized carbons (Fsp3) is 0.385. The molecule has 2 rings (SSSR count). The Morgan fingerprint density at radius 1 is 1.39 bits per heavy atom. The molecule has 2 aromatic heterocycles. The molecule has 2 heterocycles. The normalized spacial score (nSPS) is 10.8. The summed E-state index contributed by atoms with van der Waals surface area (Å²) >= 11 is 5.98. The number of nitrogens with one attached hydrogen (secondary N) is 2. The number of halogens is 1. The Hall–Kier alpha value is -1.39. The van der Waals surface area contributed by atoms with Crippen LogP contribution in [-0.4, -0.2) is 21.7 Å². The third-order valence-electron chi connectivity index (χ3n) is 3.03. The Morgan fingerprint density at radius 2 is 2.22 bits per heavy atom. The summed E-state index contributed by atoms with van der Waals surface area (Å²) in [5, 5.41) is 10.8. The van der Waals surface area contributed by atoms with Gasteiger partial charge in [-0.2, -0.15) is 5.10 Å². The van der Waals surface area contributed by atoms with Crippen LogP contribution >= 0.6 is 11.6 Å². The van der Waals surface area contributed by atoms with E-state index in [4.69, 9.17) is 11.6 Å². The van der Waals surface area contributed by atoms with Gasteiger partial charge in [0.15, 0.2) is 5.15 Å². The zero-order valence-electron chi connectivity index (χ0n) is 10.6. The lowest BCUT2D eigenvalue weighted by molar-refractivity contribution is 0.683. The van der Waals surface area contributed by atoms with E-state index in [1.54, 1.807) is 0 Å². The van der Waals surface area contributed by atoms with E-state index < -0.39 is 0 Å². The number of hydrogen-bond acceptors (Lipinski definition) is 3. The first-order valence-corrected chi connectivity index (χ1v) is 6.36. The van der Waals surface area contributed by atoms with Gasteiger partial charge in [0, 0.05) is 30.2 Å². The average molecular weight is 265 g/mol. The van der Waals surface area contributed by atoms with E-state index >= 15 is 0 Å². The van der Waals surface area contributed by atoms with Crippen molar-refractivity contribution < 1.29 is 0 Å². The molecule has 0 aliphatic heterocycles. The molecule has 0 saturated heterocycles. The number of nitrogens with zero attached hydrogens (tertiary/aromatic N) is 2. The second-order valence-electron chi connectivity index (χ2n) is 4.35. The van der Waals surface area contributed by atoms with Crippen molar-refractivity contribution in [2.24, 2.45) is 0 Å². The molecule has 0 bridgehead atoms. The Balaban J connectivity index is 1.82. The van der Waals surface area contributed by atoms with Crippen LogP contribution in [0.3, 0.4) is 0 Å². The Morgan fingerprint density at radius 3 is 2.89 bits per heavy atom. The highest BCUT2D eigenvalue weighted by molar-refractivity contribution is 6.30. The lowest BCUT2D eigenvalue weighted by Gasteiger charge is -2.06. The van der Waals surface area contributed by atoms with E-state index in [2.05, 4.69) is 33.5 Å². The zero-order chi connectivity index (χ0) is 13.0. The van der Waals surface area contributed by atoms with Crippen molar-refractivity contribution in [1.82, 2.24) is 20.5 Å². The number of rotatable bonds is 5. The van der Waals surface area contributed by atoms with Gasteiger partial charge in [-0.1, -0.05) is 11.6 Å². The second-order valence-corrected chi connectivity index (χ2v) is 4.70. The minimum atomic E-state index is 0.556. The molecular formula is C13H17ClN4. The smallest absolute Gasteiger partial charge is 0.155 e. The Labute approximate surface area is 112 Å². The fourth-order valence-corrected chi connectivity index (χ4v) is 2.10. The number of aromatic nitrogens is 3. The molecule has 0 spiro atoms. The number of aryl methyl sites for hydroxylation is 2. The summed E-state index contributed by atoms with van der Waals surface area (Å²) in [6.45, 7) is 5.71. The first-order chi connectivity index (χ1) is 8.68. The van der Waals surface area contributed by atoms with E-state index in [9.17, 15) is 0 Å². The van der Waals surface area contributed by atoms with Crippen molar-refractivity contribution in [3.8, 4) is 0 Å². The number of pyridine rings is 1. The van der Waals surface area contributed by atoms with Gasteiger partial charge < -0.3 is 5.32 Å². The minimum absolute atomic E-state index is 0.556. The molecule has 2 aromatic rings. The van der Waals surface area contributed by atoms with Crippen LogP contribution in [-0.2, 0) is 13.0 Å². The van der Waals surface area contributed by atoms with E-state index in [-0.39, 0.29) is 0 Å². The van der Waals surface area contributed by atoms with Crippen molar-refractivity contribution >= 4 is 11.6 Å². The van der Waals surface area contributed by atoms with Gasteiger partial charge >= 0.3 is 0 Å². The topological polar surface area (TPSA) is 53.6 Å². The molecule has 0 aliphatic carbocycles. The standard InChI is InChI=1S/C13H17ClN4/c1-9-7-15-5-3-11(9)4-6-16-8-12-10(2)17-18-13(12)14/h3,5,7,16H,4,6,8H2,1-2H3,(H,17,18). The van der Waals surface area contributed by atoms with Gasteiger partial charge in [-0.3, -0.25) is 10.1 Å². The number of aromatic amines is 1. The first-order valence-electron chi connectivity index (χ1n) is 5.98. The maximum atomic E-state index is 5.98. The Bertz CT molecular complexity index is 502. The maximum Gasteiger partial charge on any atom is 0.155 e. The summed E-state index contributed by atoms with van der Waals surface area (Å²) in [4.78, 5) is 4.09. The molecule has 0 aromatic carbocycles. The molecule has 0 atom stereocenters. The van der Waals surface area contributed by atoms with Crippen LogP contribution in [0.15, 0.2) is 18.5 Å². The first kappa shape index (κ1) is 13.1. The molecule has 18 heavy (non-hydrogen) atoms. The number of H-pyrrole nitrogens is 1. The summed E-state index contributed by atoms with van der Waals surface area (Å²) in [6, 6.07) is 2.06. The van der Waals surface area contributed by atoms with Crippen molar-refractivity contribution in [2.45, 2.75) is 26.8 Å². The highest BCUT2D eigenvalue weighted by Gasteiger charge is 2.06. The van der Waals surface area contributed by atoms with E-state index in [0.717, 1.165) is 30.8 Å². The highest BCUT2D eigenvalue weighted by atomic mass is 35.5. The molecular weight excluding hydrogens is 248 g/mol. The summed E-state index contributed by atoms with van der Waals surface area (Å²) in [6.07, 6.45) is 4.72. The van der Waals surface area contributed by atoms with Crippen LogP contribution in [0.1, 0.15) is 22.4 Å². The molecule has 0 aliphatic rings. The molecule has 0 unspecified atom stereocenters. The SMILES string of the molecule is Cc1cnccc1CCNCc1c(Cl)n[nH]c1C. The molecule has 0 fully saturated rings. The maximum absolute atomic E-state index is 5.98. The summed E-state index contributed by atoms with van der Waals surface area (Å²) in [7, 11) is 0. The van der Waals surface area contributed by atoms with Crippen LogP contribution in [0.4, 0.5) is 0 Å². The lowest BCUT2D eigenvalue weighted by atomic mass is 10.1. The minimum Gasteiger partial charge on any atom is -0.312 e. The quantitative estimate of drug-likeness (QED) is 0.816. The fourth-order valence-electron chi connectivity index (χ4n) is 1.85. The molecule has 0 saturated carbocycles. The second kappa shape index (κ2) is 5.98. The van der Waals surface area contributed by atoms with Gasteiger partial charge in [-0.25, -0.2) is 0 Å². The van der Waals surface area contributed by atoms with Gasteiger partial charge in [0.1, 0.15) is 0 Å². The predicted octanol–water partition coefficient (Wildman–Crippen LogP) is 2.41. The average Bonchev–Trinajstić information content (AvgIpc) is 2.67. The van der Waals surface area contributed by atoms with Crippen molar-refractivity contribution in [2.75, 3.05) is 6.54 Å². The molecule has 96 valence electrons.